The van der Waals surface area contributed by atoms with Gasteiger partial charge in [-0.1, -0.05) is 0 Å². The van der Waals surface area contributed by atoms with Crippen LogP contribution in [0, 0.1) is 5.82 Å². The van der Waals surface area contributed by atoms with Crippen molar-refractivity contribution < 1.29 is 30.7 Å². The van der Waals surface area contributed by atoms with E-state index in [1.807, 2.05) is 0 Å². The first-order chi connectivity index (χ1) is 9.09. The minimum atomic E-state index is -4.63. The summed E-state index contributed by atoms with van der Waals surface area (Å²) in [5.41, 5.74) is -1.28. The molecular weight excluding hydrogens is 291 g/mol. The monoisotopic (exact) mass is 303 g/mol. The Labute approximate surface area is 110 Å². The van der Waals surface area contributed by atoms with Gasteiger partial charge in [0.15, 0.2) is 0 Å². The van der Waals surface area contributed by atoms with Gasteiger partial charge in [0, 0.05) is 13.0 Å². The number of hydrogen-bond acceptors (Lipinski definition) is 1. The molecule has 0 unspecified atom stereocenters. The van der Waals surface area contributed by atoms with Crippen molar-refractivity contribution in [1.29, 1.82) is 0 Å². The van der Waals surface area contributed by atoms with E-state index in [0.29, 0.717) is 12.1 Å². The van der Waals surface area contributed by atoms with E-state index in [-0.39, 0.29) is 25.1 Å². The van der Waals surface area contributed by atoms with E-state index in [0.717, 1.165) is 6.07 Å². The Morgan fingerprint density at radius 1 is 0.950 bits per heavy atom. The van der Waals surface area contributed by atoms with Crippen molar-refractivity contribution in [3.8, 4) is 0 Å². The number of hydrogen-bond donors (Lipinski definition) is 1. The van der Waals surface area contributed by atoms with E-state index in [1.54, 1.807) is 0 Å². The zero-order chi connectivity index (χ0) is 15.4. The second kappa shape index (κ2) is 6.32. The van der Waals surface area contributed by atoms with Crippen molar-refractivity contribution in [2.75, 3.05) is 11.9 Å². The van der Waals surface area contributed by atoms with Crippen molar-refractivity contribution >= 4 is 5.69 Å². The molecule has 0 aliphatic rings. The molecule has 114 valence electrons. The van der Waals surface area contributed by atoms with E-state index in [1.165, 1.54) is 0 Å². The van der Waals surface area contributed by atoms with Gasteiger partial charge in [0.2, 0.25) is 0 Å². The normalized spacial score (nSPS) is 12.6. The Hall–Kier alpha value is -1.47. The van der Waals surface area contributed by atoms with Gasteiger partial charge < -0.3 is 5.32 Å². The van der Waals surface area contributed by atoms with Crippen molar-refractivity contribution in [1.82, 2.24) is 0 Å². The highest BCUT2D eigenvalue weighted by atomic mass is 19.4. The highest BCUT2D eigenvalue weighted by Crippen LogP contribution is 2.31. The molecule has 0 aliphatic heterocycles. The number of unbranched alkanes of at least 4 members (excludes halogenated alkanes) is 1. The van der Waals surface area contributed by atoms with Crippen molar-refractivity contribution in [3.05, 3.63) is 29.6 Å². The summed E-state index contributed by atoms with van der Waals surface area (Å²) in [4.78, 5) is 0. The van der Waals surface area contributed by atoms with Crippen LogP contribution in [0.25, 0.3) is 0 Å². The standard InChI is InChI=1S/C12H12F7N/c13-9-7-8(12(17,18)19)3-4-10(9)20-6-2-1-5-11(14,15)16/h3-4,7,20H,1-2,5-6H2. The first kappa shape index (κ1) is 16.6. The van der Waals surface area contributed by atoms with Gasteiger partial charge >= 0.3 is 12.4 Å². The Bertz CT molecular complexity index is 436. The number of alkyl halides is 6. The average Bonchev–Trinajstić information content (AvgIpc) is 2.27. The molecule has 0 aromatic heterocycles. The SMILES string of the molecule is Fc1cc(C(F)(F)F)ccc1NCCCCC(F)(F)F. The second-order valence-electron chi connectivity index (χ2n) is 4.19. The summed E-state index contributed by atoms with van der Waals surface area (Å²) in [6.45, 7) is 0.0539. The molecule has 0 fully saturated rings. The third-order valence-electron chi connectivity index (χ3n) is 2.50. The largest absolute Gasteiger partial charge is 0.416 e. The minimum Gasteiger partial charge on any atom is -0.383 e. The molecular formula is C12H12F7N. The van der Waals surface area contributed by atoms with Crippen LogP contribution in [-0.4, -0.2) is 12.7 Å². The lowest BCUT2D eigenvalue weighted by molar-refractivity contribution is -0.138. The van der Waals surface area contributed by atoms with Crippen LogP contribution in [0.2, 0.25) is 0 Å². The van der Waals surface area contributed by atoms with Crippen molar-refractivity contribution in [2.24, 2.45) is 0 Å². The fourth-order valence-corrected chi connectivity index (χ4v) is 1.51. The van der Waals surface area contributed by atoms with Gasteiger partial charge in [-0.3, -0.25) is 0 Å². The summed E-state index contributed by atoms with van der Waals surface area (Å²) < 4.78 is 85.7. The topological polar surface area (TPSA) is 12.0 Å². The molecule has 1 nitrogen and oxygen atoms in total. The maximum atomic E-state index is 13.3. The first-order valence-electron chi connectivity index (χ1n) is 5.77. The van der Waals surface area contributed by atoms with Crippen LogP contribution in [0.15, 0.2) is 18.2 Å². The average molecular weight is 303 g/mol. The number of anilines is 1. The van der Waals surface area contributed by atoms with Gasteiger partial charge in [-0.15, -0.1) is 0 Å². The predicted molar refractivity (Wildman–Crippen MR) is 59.8 cm³/mol. The molecule has 0 saturated carbocycles. The molecule has 0 radical (unpaired) electrons. The van der Waals surface area contributed by atoms with Crippen LogP contribution in [0.1, 0.15) is 24.8 Å². The van der Waals surface area contributed by atoms with E-state index < -0.39 is 30.2 Å². The van der Waals surface area contributed by atoms with Crippen molar-refractivity contribution in [3.63, 3.8) is 0 Å². The summed E-state index contributed by atoms with van der Waals surface area (Å²) in [5.74, 6) is -1.09. The highest BCUT2D eigenvalue weighted by molar-refractivity contribution is 5.46. The summed E-state index contributed by atoms with van der Waals surface area (Å²) in [5, 5.41) is 2.47. The number of benzene rings is 1. The van der Waals surface area contributed by atoms with Crippen LogP contribution >= 0.6 is 0 Å². The van der Waals surface area contributed by atoms with Crippen LogP contribution in [0.3, 0.4) is 0 Å². The van der Waals surface area contributed by atoms with Gasteiger partial charge in [-0.2, -0.15) is 26.3 Å². The quantitative estimate of drug-likeness (QED) is 0.597. The Morgan fingerprint density at radius 2 is 1.60 bits per heavy atom. The predicted octanol–water partition coefficient (Wildman–Crippen LogP) is 4.99. The molecule has 20 heavy (non-hydrogen) atoms. The smallest absolute Gasteiger partial charge is 0.383 e. The number of nitrogens with one attached hydrogen (secondary N) is 1. The zero-order valence-corrected chi connectivity index (χ0v) is 10.2. The third-order valence-corrected chi connectivity index (χ3v) is 2.50. The number of rotatable bonds is 5. The molecule has 0 heterocycles. The fraction of sp³-hybridized carbons (Fsp3) is 0.500. The molecule has 1 aromatic carbocycles. The molecule has 1 rings (SSSR count). The Balaban J connectivity index is 2.46. The summed E-state index contributed by atoms with van der Waals surface area (Å²) in [6, 6.07) is 1.97. The highest BCUT2D eigenvalue weighted by Gasteiger charge is 2.31. The lowest BCUT2D eigenvalue weighted by Gasteiger charge is -2.11. The summed E-state index contributed by atoms with van der Waals surface area (Å²) >= 11 is 0. The number of halogens is 7. The molecule has 0 amide bonds. The first-order valence-corrected chi connectivity index (χ1v) is 5.77. The van der Waals surface area contributed by atoms with Gasteiger partial charge in [-0.05, 0) is 31.0 Å². The zero-order valence-electron chi connectivity index (χ0n) is 10.2. The van der Waals surface area contributed by atoms with Gasteiger partial charge in [0.25, 0.3) is 0 Å². The van der Waals surface area contributed by atoms with Crippen LogP contribution < -0.4 is 5.32 Å². The molecule has 1 aromatic rings. The van der Waals surface area contributed by atoms with E-state index in [2.05, 4.69) is 5.32 Å². The maximum Gasteiger partial charge on any atom is 0.416 e. The Morgan fingerprint density at radius 3 is 2.10 bits per heavy atom. The molecule has 0 saturated heterocycles. The van der Waals surface area contributed by atoms with E-state index in [4.69, 9.17) is 0 Å². The van der Waals surface area contributed by atoms with E-state index >= 15 is 0 Å². The van der Waals surface area contributed by atoms with Crippen molar-refractivity contribution in [2.45, 2.75) is 31.6 Å². The Kier molecular flexibility index (Phi) is 5.24. The van der Waals surface area contributed by atoms with Crippen LogP contribution in [0.5, 0.6) is 0 Å². The minimum absolute atomic E-state index is 0.0539. The summed E-state index contributed by atoms with van der Waals surface area (Å²) in [7, 11) is 0. The molecule has 0 bridgehead atoms. The third kappa shape index (κ3) is 5.66. The van der Waals surface area contributed by atoms with Gasteiger partial charge in [0.05, 0.1) is 11.3 Å². The van der Waals surface area contributed by atoms with Crippen LogP contribution in [-0.2, 0) is 6.18 Å². The van der Waals surface area contributed by atoms with Gasteiger partial charge in [-0.25, -0.2) is 4.39 Å². The molecule has 1 N–H and O–H groups in total. The summed E-state index contributed by atoms with van der Waals surface area (Å²) in [6.07, 6.45) is -9.80. The second-order valence-corrected chi connectivity index (χ2v) is 4.19. The lowest BCUT2D eigenvalue weighted by Crippen LogP contribution is -2.10. The maximum absolute atomic E-state index is 13.3. The lowest BCUT2D eigenvalue weighted by atomic mass is 10.2. The molecule has 0 aliphatic carbocycles. The van der Waals surface area contributed by atoms with E-state index in [9.17, 15) is 30.7 Å². The molecule has 0 atom stereocenters. The fourth-order valence-electron chi connectivity index (χ4n) is 1.51. The molecule has 0 spiro atoms. The van der Waals surface area contributed by atoms with Gasteiger partial charge in [0.1, 0.15) is 5.82 Å². The van der Waals surface area contributed by atoms with Crippen LogP contribution in [0.4, 0.5) is 36.4 Å². The molecule has 8 heteroatoms.